The topological polar surface area (TPSA) is 85.4 Å². The second kappa shape index (κ2) is 8.48. The van der Waals surface area contributed by atoms with Crippen LogP contribution in [0.15, 0.2) is 12.1 Å². The van der Waals surface area contributed by atoms with Crippen molar-refractivity contribution in [2.24, 2.45) is 0 Å². The van der Waals surface area contributed by atoms with Crippen LogP contribution in [-0.4, -0.2) is 66.4 Å². The van der Waals surface area contributed by atoms with Gasteiger partial charge in [-0.05, 0) is 12.8 Å². The van der Waals surface area contributed by atoms with Gasteiger partial charge < -0.3 is 19.1 Å². The first-order chi connectivity index (χ1) is 12.3. The third-order valence-corrected chi connectivity index (χ3v) is 5.52. The molecule has 26 heavy (non-hydrogen) atoms. The zero-order valence-electron chi connectivity index (χ0n) is 15.6. The van der Waals surface area contributed by atoms with E-state index in [4.69, 9.17) is 14.2 Å². The Morgan fingerprint density at radius 3 is 2.04 bits per heavy atom. The van der Waals surface area contributed by atoms with Gasteiger partial charge in [-0.1, -0.05) is 0 Å². The van der Waals surface area contributed by atoms with Crippen molar-refractivity contribution in [2.45, 2.75) is 19.3 Å². The number of hydrogen-bond donors (Lipinski definition) is 0. The van der Waals surface area contributed by atoms with E-state index in [1.807, 2.05) is 0 Å². The monoisotopic (exact) mass is 386 g/mol. The van der Waals surface area contributed by atoms with Crippen molar-refractivity contribution in [3.63, 3.8) is 0 Å². The van der Waals surface area contributed by atoms with Gasteiger partial charge in [-0.2, -0.15) is 0 Å². The molecule has 0 unspecified atom stereocenters. The quantitative estimate of drug-likeness (QED) is 0.673. The number of sulfonamides is 1. The van der Waals surface area contributed by atoms with Crippen molar-refractivity contribution >= 4 is 21.6 Å². The summed E-state index contributed by atoms with van der Waals surface area (Å²) in [4.78, 5) is 14.1. The van der Waals surface area contributed by atoms with Gasteiger partial charge in [0.25, 0.3) is 0 Å². The van der Waals surface area contributed by atoms with Crippen LogP contribution in [0.3, 0.4) is 0 Å². The Labute approximate surface area is 154 Å². The van der Waals surface area contributed by atoms with Crippen molar-refractivity contribution in [2.75, 3.05) is 51.5 Å². The first kappa shape index (κ1) is 20.2. The van der Waals surface area contributed by atoms with Gasteiger partial charge in [0.2, 0.25) is 21.7 Å². The molecule has 0 saturated carbocycles. The maximum Gasteiger partial charge on any atom is 0.232 e. The van der Waals surface area contributed by atoms with Crippen LogP contribution in [0.25, 0.3) is 0 Å². The van der Waals surface area contributed by atoms with E-state index in [2.05, 4.69) is 0 Å². The average molecular weight is 386 g/mol. The van der Waals surface area contributed by atoms with E-state index in [9.17, 15) is 13.2 Å². The molecule has 146 valence electrons. The van der Waals surface area contributed by atoms with Gasteiger partial charge in [0.05, 0.1) is 33.3 Å². The standard InChI is InChI=1S/C17H26N2O6S/c1-23-14-11-13(12-15(24-2)17(14)25-3)19(26(4,21)22)10-7-16(20)18-8-5-6-9-18/h11-12H,5-10H2,1-4H3. The minimum Gasteiger partial charge on any atom is -0.493 e. The van der Waals surface area contributed by atoms with Crippen LogP contribution in [0.5, 0.6) is 17.2 Å². The minimum absolute atomic E-state index is 0.0383. The minimum atomic E-state index is -3.60. The molecule has 1 saturated heterocycles. The van der Waals surface area contributed by atoms with E-state index >= 15 is 0 Å². The summed E-state index contributed by atoms with van der Waals surface area (Å²) < 4.78 is 41.6. The summed E-state index contributed by atoms with van der Waals surface area (Å²) in [6.45, 7) is 1.52. The molecule has 1 aliphatic heterocycles. The average Bonchev–Trinajstić information content (AvgIpc) is 3.14. The zero-order valence-corrected chi connectivity index (χ0v) is 16.5. The smallest absolute Gasteiger partial charge is 0.232 e. The molecule has 0 aliphatic carbocycles. The Kier molecular flexibility index (Phi) is 6.57. The Hall–Kier alpha value is -2.16. The molecule has 0 bridgehead atoms. The molecule has 0 radical (unpaired) electrons. The molecular weight excluding hydrogens is 360 g/mol. The lowest BCUT2D eigenvalue weighted by Gasteiger charge is -2.25. The highest BCUT2D eigenvalue weighted by Gasteiger charge is 2.25. The fraction of sp³-hybridized carbons (Fsp3) is 0.588. The lowest BCUT2D eigenvalue weighted by atomic mass is 10.2. The number of anilines is 1. The van der Waals surface area contributed by atoms with E-state index in [0.717, 1.165) is 32.2 Å². The number of likely N-dealkylation sites (tertiary alicyclic amines) is 1. The van der Waals surface area contributed by atoms with Crippen LogP contribution in [0, 0.1) is 0 Å². The number of rotatable bonds is 8. The molecule has 1 aromatic rings. The molecule has 0 spiro atoms. The second-order valence-corrected chi connectivity index (χ2v) is 7.96. The Morgan fingerprint density at radius 2 is 1.62 bits per heavy atom. The summed E-state index contributed by atoms with van der Waals surface area (Å²) >= 11 is 0. The molecule has 0 N–H and O–H groups in total. The van der Waals surface area contributed by atoms with Gasteiger partial charge in [-0.25, -0.2) is 8.42 Å². The third-order valence-electron chi connectivity index (χ3n) is 4.33. The first-order valence-corrected chi connectivity index (χ1v) is 10.2. The van der Waals surface area contributed by atoms with Crippen LogP contribution in [0.1, 0.15) is 19.3 Å². The van der Waals surface area contributed by atoms with Crippen LogP contribution < -0.4 is 18.5 Å². The molecule has 0 atom stereocenters. The molecule has 9 heteroatoms. The first-order valence-electron chi connectivity index (χ1n) is 8.37. The lowest BCUT2D eigenvalue weighted by molar-refractivity contribution is -0.129. The van der Waals surface area contributed by atoms with Crippen LogP contribution in [0.4, 0.5) is 5.69 Å². The van der Waals surface area contributed by atoms with Crippen LogP contribution in [0.2, 0.25) is 0 Å². The van der Waals surface area contributed by atoms with E-state index < -0.39 is 10.0 Å². The van der Waals surface area contributed by atoms with E-state index in [1.54, 1.807) is 17.0 Å². The Morgan fingerprint density at radius 1 is 1.08 bits per heavy atom. The second-order valence-electron chi connectivity index (χ2n) is 6.06. The fourth-order valence-electron chi connectivity index (χ4n) is 3.02. The van der Waals surface area contributed by atoms with Crippen molar-refractivity contribution < 1.29 is 27.4 Å². The highest BCUT2D eigenvalue weighted by Crippen LogP contribution is 2.41. The van der Waals surface area contributed by atoms with Crippen molar-refractivity contribution in [3.8, 4) is 17.2 Å². The predicted molar refractivity (Wildman–Crippen MR) is 98.7 cm³/mol. The van der Waals surface area contributed by atoms with Crippen molar-refractivity contribution in [1.82, 2.24) is 4.90 Å². The normalized spacial score (nSPS) is 14.2. The van der Waals surface area contributed by atoms with Crippen molar-refractivity contribution in [3.05, 3.63) is 12.1 Å². The third kappa shape index (κ3) is 4.51. The molecule has 1 aliphatic rings. The van der Waals surface area contributed by atoms with Gasteiger partial charge in [-0.15, -0.1) is 0 Å². The summed E-state index contributed by atoms with van der Waals surface area (Å²) in [5, 5.41) is 0. The van der Waals surface area contributed by atoms with E-state index in [1.165, 1.54) is 25.6 Å². The Balaban J connectivity index is 2.30. The molecule has 1 heterocycles. The summed E-state index contributed by atoms with van der Waals surface area (Å²) in [6.07, 6.45) is 3.21. The van der Waals surface area contributed by atoms with Gasteiger partial charge in [0.15, 0.2) is 11.5 Å². The molecule has 8 nitrogen and oxygen atoms in total. The molecule has 1 aromatic carbocycles. The summed E-state index contributed by atoms with van der Waals surface area (Å²) in [5.41, 5.74) is 0.358. The maximum atomic E-state index is 12.3. The lowest BCUT2D eigenvalue weighted by Crippen LogP contribution is -2.35. The summed E-state index contributed by atoms with van der Waals surface area (Å²) in [7, 11) is 0.801. The largest absolute Gasteiger partial charge is 0.493 e. The highest BCUT2D eigenvalue weighted by molar-refractivity contribution is 7.92. The van der Waals surface area contributed by atoms with Crippen LogP contribution >= 0.6 is 0 Å². The van der Waals surface area contributed by atoms with Gasteiger partial charge >= 0.3 is 0 Å². The zero-order chi connectivity index (χ0) is 19.3. The van der Waals surface area contributed by atoms with Crippen LogP contribution in [-0.2, 0) is 14.8 Å². The number of methoxy groups -OCH3 is 3. The number of benzene rings is 1. The number of hydrogen-bond acceptors (Lipinski definition) is 6. The van der Waals surface area contributed by atoms with Gasteiger partial charge in [-0.3, -0.25) is 9.10 Å². The number of carbonyl (C=O) groups excluding carboxylic acids is 1. The van der Waals surface area contributed by atoms with E-state index in [0.29, 0.717) is 22.9 Å². The number of amides is 1. The number of carbonyl (C=O) groups is 1. The number of ether oxygens (including phenoxy) is 3. The molecule has 0 aromatic heterocycles. The summed E-state index contributed by atoms with van der Waals surface area (Å²) in [6, 6.07) is 3.12. The SMILES string of the molecule is COc1cc(N(CCC(=O)N2CCCC2)S(C)(=O)=O)cc(OC)c1OC. The predicted octanol–water partition coefficient (Wildman–Crippen LogP) is 1.49. The fourth-order valence-corrected chi connectivity index (χ4v) is 3.93. The summed E-state index contributed by atoms with van der Waals surface area (Å²) in [5.74, 6) is 1.03. The van der Waals surface area contributed by atoms with E-state index in [-0.39, 0.29) is 18.9 Å². The maximum absolute atomic E-state index is 12.3. The van der Waals surface area contributed by atoms with Gasteiger partial charge in [0, 0.05) is 38.2 Å². The molecule has 1 fully saturated rings. The Bertz CT molecular complexity index is 719. The van der Waals surface area contributed by atoms with Crippen molar-refractivity contribution in [1.29, 1.82) is 0 Å². The molecule has 1 amide bonds. The molecule has 2 rings (SSSR count). The van der Waals surface area contributed by atoms with Gasteiger partial charge in [0.1, 0.15) is 0 Å². The number of nitrogens with zero attached hydrogens (tertiary/aromatic N) is 2. The highest BCUT2D eigenvalue weighted by atomic mass is 32.2. The molecular formula is C17H26N2O6S.